The summed E-state index contributed by atoms with van der Waals surface area (Å²) in [6.07, 6.45) is 0. The Morgan fingerprint density at radius 1 is 0.941 bits per heavy atom. The maximum atomic E-state index is 13.3. The molecule has 3 rings (SSSR count). The third kappa shape index (κ3) is 7.30. The van der Waals surface area contributed by atoms with Gasteiger partial charge in [0.1, 0.15) is 6.54 Å². The van der Waals surface area contributed by atoms with Crippen molar-refractivity contribution in [2.45, 2.75) is 17.6 Å². The number of amides is 1. The van der Waals surface area contributed by atoms with E-state index < -0.39 is 15.9 Å². The van der Waals surface area contributed by atoms with Gasteiger partial charge in [-0.2, -0.15) is 11.8 Å². The molecule has 0 atom stereocenters. The number of anilines is 1. The quantitative estimate of drug-likeness (QED) is 0.301. The first-order chi connectivity index (χ1) is 16.2. The number of carbonyl (C=O) groups excluding carboxylic acids is 1. The summed E-state index contributed by atoms with van der Waals surface area (Å²) in [6, 6.07) is 18.3. The van der Waals surface area contributed by atoms with Crippen molar-refractivity contribution >= 4 is 68.2 Å². The van der Waals surface area contributed by atoms with Crippen molar-refractivity contribution in [1.82, 2.24) is 5.32 Å². The zero-order valence-corrected chi connectivity index (χ0v) is 22.2. The lowest BCUT2D eigenvalue weighted by Gasteiger charge is -2.24. The number of rotatable bonds is 10. The van der Waals surface area contributed by atoms with E-state index >= 15 is 0 Å². The van der Waals surface area contributed by atoms with Crippen LogP contribution in [0.1, 0.15) is 11.1 Å². The first-order valence-corrected chi connectivity index (χ1v) is 14.0. The van der Waals surface area contributed by atoms with Crippen molar-refractivity contribution < 1.29 is 13.2 Å². The Hall–Kier alpha value is -1.90. The topological polar surface area (TPSA) is 66.5 Å². The molecule has 0 unspecified atom stereocenters. The van der Waals surface area contributed by atoms with Crippen LogP contribution in [0.5, 0.6) is 0 Å². The molecule has 0 aliphatic heterocycles. The second-order valence-electron chi connectivity index (χ2n) is 7.45. The number of hydrogen-bond donors (Lipinski definition) is 1. The molecule has 0 spiro atoms. The van der Waals surface area contributed by atoms with E-state index in [4.69, 9.17) is 34.8 Å². The second kappa shape index (κ2) is 12.2. The molecule has 0 fully saturated rings. The van der Waals surface area contributed by atoms with Gasteiger partial charge in [0.25, 0.3) is 10.0 Å². The van der Waals surface area contributed by atoms with Crippen molar-refractivity contribution in [3.05, 3.63) is 92.9 Å². The van der Waals surface area contributed by atoms with Crippen LogP contribution in [0.2, 0.25) is 15.1 Å². The van der Waals surface area contributed by atoms with Crippen LogP contribution in [0.25, 0.3) is 0 Å². The minimum atomic E-state index is -3.97. The van der Waals surface area contributed by atoms with Crippen molar-refractivity contribution in [2.24, 2.45) is 0 Å². The van der Waals surface area contributed by atoms with Gasteiger partial charge in [-0.05, 0) is 61.0 Å². The average molecular weight is 558 g/mol. The molecule has 0 aromatic heterocycles. The molecule has 34 heavy (non-hydrogen) atoms. The fraction of sp³-hybridized carbons (Fsp3) is 0.208. The largest absolute Gasteiger partial charge is 0.354 e. The van der Waals surface area contributed by atoms with Crippen LogP contribution in [-0.4, -0.2) is 33.2 Å². The molecule has 0 saturated heterocycles. The normalized spacial score (nSPS) is 11.3. The molecule has 0 bridgehead atoms. The number of sulfonamides is 1. The van der Waals surface area contributed by atoms with E-state index in [1.165, 1.54) is 24.3 Å². The van der Waals surface area contributed by atoms with E-state index in [2.05, 4.69) is 5.32 Å². The first-order valence-electron chi connectivity index (χ1n) is 10.3. The smallest absolute Gasteiger partial charge is 0.264 e. The maximum Gasteiger partial charge on any atom is 0.264 e. The summed E-state index contributed by atoms with van der Waals surface area (Å²) in [5.74, 6) is 0.974. The Morgan fingerprint density at radius 3 is 2.26 bits per heavy atom. The molecule has 0 radical (unpaired) electrons. The molecule has 10 heteroatoms. The van der Waals surface area contributed by atoms with E-state index in [1.54, 1.807) is 42.1 Å². The van der Waals surface area contributed by atoms with Gasteiger partial charge in [-0.25, -0.2) is 8.42 Å². The third-order valence-corrected chi connectivity index (χ3v) is 8.64. The number of hydrogen-bond acceptors (Lipinski definition) is 4. The predicted octanol–water partition coefficient (Wildman–Crippen LogP) is 6.20. The van der Waals surface area contributed by atoms with E-state index in [-0.39, 0.29) is 11.4 Å². The molecular weight excluding hydrogens is 535 g/mol. The van der Waals surface area contributed by atoms with Crippen LogP contribution < -0.4 is 9.62 Å². The Morgan fingerprint density at radius 2 is 1.62 bits per heavy atom. The molecule has 5 nitrogen and oxygen atoms in total. The van der Waals surface area contributed by atoms with Gasteiger partial charge in [0.2, 0.25) is 5.91 Å². The molecule has 1 N–H and O–H groups in total. The molecule has 0 aliphatic rings. The minimum absolute atomic E-state index is 0.0578. The Bertz CT molecular complexity index is 1240. The highest BCUT2D eigenvalue weighted by Crippen LogP contribution is 2.26. The summed E-state index contributed by atoms with van der Waals surface area (Å²) >= 11 is 19.5. The van der Waals surface area contributed by atoms with Gasteiger partial charge in [0.15, 0.2) is 0 Å². The number of carbonyl (C=O) groups is 1. The van der Waals surface area contributed by atoms with Gasteiger partial charge >= 0.3 is 0 Å². The monoisotopic (exact) mass is 556 g/mol. The van der Waals surface area contributed by atoms with Crippen LogP contribution in [0.3, 0.4) is 0 Å². The maximum absolute atomic E-state index is 13.3. The van der Waals surface area contributed by atoms with Crippen molar-refractivity contribution in [3.63, 3.8) is 0 Å². The van der Waals surface area contributed by atoms with Gasteiger partial charge in [0, 0.05) is 23.1 Å². The Balaban J connectivity index is 1.62. The van der Waals surface area contributed by atoms with Gasteiger partial charge in [0.05, 0.1) is 20.6 Å². The molecule has 1 amide bonds. The fourth-order valence-corrected chi connectivity index (χ4v) is 5.70. The van der Waals surface area contributed by atoms with Crippen LogP contribution in [-0.2, 0) is 20.6 Å². The number of thioether (sulfide) groups is 1. The van der Waals surface area contributed by atoms with Crippen molar-refractivity contribution in [2.75, 3.05) is 23.1 Å². The second-order valence-corrected chi connectivity index (χ2v) is 11.7. The Labute approximate surface area is 219 Å². The number of halogens is 3. The summed E-state index contributed by atoms with van der Waals surface area (Å²) in [5.41, 5.74) is 2.42. The predicted molar refractivity (Wildman–Crippen MR) is 143 cm³/mol. The van der Waals surface area contributed by atoms with Crippen LogP contribution in [0.15, 0.2) is 71.6 Å². The van der Waals surface area contributed by atoms with Gasteiger partial charge in [-0.3, -0.25) is 9.10 Å². The summed E-state index contributed by atoms with van der Waals surface area (Å²) in [6.45, 7) is 1.96. The zero-order valence-electron chi connectivity index (χ0n) is 18.3. The number of nitrogens with one attached hydrogen (secondary N) is 1. The highest BCUT2D eigenvalue weighted by atomic mass is 35.5. The van der Waals surface area contributed by atoms with E-state index in [1.807, 2.05) is 19.1 Å². The highest BCUT2D eigenvalue weighted by molar-refractivity contribution is 7.98. The van der Waals surface area contributed by atoms with Gasteiger partial charge < -0.3 is 5.32 Å². The molecule has 0 aliphatic carbocycles. The third-order valence-electron chi connectivity index (χ3n) is 4.83. The van der Waals surface area contributed by atoms with Crippen LogP contribution in [0, 0.1) is 6.92 Å². The van der Waals surface area contributed by atoms with E-state index in [0.29, 0.717) is 38.8 Å². The van der Waals surface area contributed by atoms with Gasteiger partial charge in [-0.1, -0.05) is 58.6 Å². The molecular formula is C24H23Cl3N2O3S2. The van der Waals surface area contributed by atoms with Gasteiger partial charge in [-0.15, -0.1) is 0 Å². The average Bonchev–Trinajstić information content (AvgIpc) is 2.80. The lowest BCUT2D eigenvalue weighted by Crippen LogP contribution is -2.41. The number of nitrogens with zero attached hydrogens (tertiary/aromatic N) is 1. The zero-order chi connectivity index (χ0) is 24.7. The standard InChI is InChI=1S/C24H23Cl3N2O3S2/c1-17-2-7-20(8-3-17)29(34(31,32)21-9-5-19(25)6-10-21)15-24(30)28-12-13-33-16-18-4-11-22(26)23(27)14-18/h2-11,14H,12-13,15-16H2,1H3,(H,28,30). The molecule has 180 valence electrons. The van der Waals surface area contributed by atoms with E-state index in [9.17, 15) is 13.2 Å². The fourth-order valence-electron chi connectivity index (χ4n) is 3.03. The number of benzene rings is 3. The molecule has 3 aromatic rings. The highest BCUT2D eigenvalue weighted by Gasteiger charge is 2.27. The lowest BCUT2D eigenvalue weighted by atomic mass is 10.2. The lowest BCUT2D eigenvalue weighted by molar-refractivity contribution is -0.119. The number of aryl methyl sites for hydroxylation is 1. The SMILES string of the molecule is Cc1ccc(N(CC(=O)NCCSCc2ccc(Cl)c(Cl)c2)S(=O)(=O)c2ccc(Cl)cc2)cc1. The van der Waals surface area contributed by atoms with Crippen molar-refractivity contribution in [1.29, 1.82) is 0 Å². The van der Waals surface area contributed by atoms with Crippen LogP contribution >= 0.6 is 46.6 Å². The summed E-state index contributed by atoms with van der Waals surface area (Å²) in [5, 5.41) is 4.24. The van der Waals surface area contributed by atoms with Crippen molar-refractivity contribution in [3.8, 4) is 0 Å². The molecule has 0 heterocycles. The minimum Gasteiger partial charge on any atom is -0.354 e. The van der Waals surface area contributed by atoms with Crippen LogP contribution in [0.4, 0.5) is 5.69 Å². The summed E-state index contributed by atoms with van der Waals surface area (Å²) < 4.78 is 27.8. The summed E-state index contributed by atoms with van der Waals surface area (Å²) in [4.78, 5) is 12.7. The summed E-state index contributed by atoms with van der Waals surface area (Å²) in [7, 11) is -3.97. The molecule has 3 aromatic carbocycles. The molecule has 0 saturated carbocycles. The first kappa shape index (κ1) is 26.7. The van der Waals surface area contributed by atoms with E-state index in [0.717, 1.165) is 15.4 Å². The Kier molecular flexibility index (Phi) is 9.56.